The summed E-state index contributed by atoms with van der Waals surface area (Å²) in [6.45, 7) is 2.45. The van der Waals surface area contributed by atoms with Crippen LogP contribution in [0.15, 0.2) is 23.1 Å². The standard InChI is InChI=1S/C20H30N4O5S/c1-22-9-3-4-17(19(22)26)20(27)23-10-5-15(6-11-23)14-21-18(25)16-7-12-24(13-8-16)30(2,28)29/h3-4,9,15-16H,5-8,10-14H2,1-2H3,(H,21,25). The van der Waals surface area contributed by atoms with E-state index in [9.17, 15) is 22.8 Å². The Morgan fingerprint density at radius 1 is 1.10 bits per heavy atom. The topological polar surface area (TPSA) is 109 Å². The highest BCUT2D eigenvalue weighted by Crippen LogP contribution is 2.21. The number of nitrogens with zero attached hydrogens (tertiary/aromatic N) is 3. The fourth-order valence-electron chi connectivity index (χ4n) is 4.11. The number of nitrogens with one attached hydrogen (secondary N) is 1. The summed E-state index contributed by atoms with van der Waals surface area (Å²) in [5.41, 5.74) is -0.106. The predicted octanol–water partition coefficient (Wildman–Crippen LogP) is 0.0253. The van der Waals surface area contributed by atoms with Gasteiger partial charge in [-0.1, -0.05) is 0 Å². The van der Waals surface area contributed by atoms with Crippen molar-refractivity contribution < 1.29 is 18.0 Å². The Balaban J connectivity index is 1.43. The third kappa shape index (κ3) is 5.28. The molecule has 0 aromatic carbocycles. The number of likely N-dealkylation sites (tertiary alicyclic amines) is 1. The molecule has 3 rings (SSSR count). The van der Waals surface area contributed by atoms with Gasteiger partial charge in [-0.2, -0.15) is 0 Å². The van der Waals surface area contributed by atoms with Crippen LogP contribution < -0.4 is 10.9 Å². The molecule has 1 N–H and O–H groups in total. The van der Waals surface area contributed by atoms with Crippen LogP contribution in [0.1, 0.15) is 36.0 Å². The number of aromatic nitrogens is 1. The minimum absolute atomic E-state index is 0.0190. The first kappa shape index (κ1) is 22.5. The van der Waals surface area contributed by atoms with E-state index >= 15 is 0 Å². The van der Waals surface area contributed by atoms with Gasteiger partial charge in [0.15, 0.2) is 0 Å². The second-order valence-electron chi connectivity index (χ2n) is 8.25. The fraction of sp³-hybridized carbons (Fsp3) is 0.650. The summed E-state index contributed by atoms with van der Waals surface area (Å²) >= 11 is 0. The molecule has 30 heavy (non-hydrogen) atoms. The van der Waals surface area contributed by atoms with Crippen LogP contribution in [-0.4, -0.2) is 73.0 Å². The molecule has 9 nitrogen and oxygen atoms in total. The van der Waals surface area contributed by atoms with Crippen LogP contribution in [0.5, 0.6) is 0 Å². The van der Waals surface area contributed by atoms with E-state index in [0.717, 1.165) is 12.8 Å². The number of carbonyl (C=O) groups is 2. The van der Waals surface area contributed by atoms with Crippen molar-refractivity contribution in [3.63, 3.8) is 0 Å². The van der Waals surface area contributed by atoms with Crippen molar-refractivity contribution in [2.24, 2.45) is 18.9 Å². The molecule has 2 aliphatic rings. The van der Waals surface area contributed by atoms with Crippen molar-refractivity contribution in [2.75, 3.05) is 39.0 Å². The van der Waals surface area contributed by atoms with Gasteiger partial charge < -0.3 is 14.8 Å². The van der Waals surface area contributed by atoms with E-state index in [4.69, 9.17) is 0 Å². The van der Waals surface area contributed by atoms with Crippen molar-refractivity contribution in [3.05, 3.63) is 34.2 Å². The number of aryl methyl sites for hydroxylation is 1. The zero-order valence-electron chi connectivity index (χ0n) is 17.5. The Hall–Kier alpha value is -2.20. The van der Waals surface area contributed by atoms with Gasteiger partial charge in [-0.3, -0.25) is 14.4 Å². The molecule has 2 amide bonds. The van der Waals surface area contributed by atoms with E-state index < -0.39 is 10.0 Å². The quantitative estimate of drug-likeness (QED) is 0.697. The van der Waals surface area contributed by atoms with Gasteiger partial charge in [0.05, 0.1) is 6.26 Å². The average Bonchev–Trinajstić information content (AvgIpc) is 2.73. The maximum Gasteiger partial charge on any atom is 0.263 e. The number of piperidine rings is 2. The second kappa shape index (κ2) is 9.30. The van der Waals surface area contributed by atoms with E-state index in [0.29, 0.717) is 45.6 Å². The maximum absolute atomic E-state index is 12.6. The Kier molecular flexibility index (Phi) is 6.97. The summed E-state index contributed by atoms with van der Waals surface area (Å²) in [5.74, 6) is -0.127. The normalized spacial score (nSPS) is 19.6. The summed E-state index contributed by atoms with van der Waals surface area (Å²) in [4.78, 5) is 38.9. The first-order valence-electron chi connectivity index (χ1n) is 10.3. The highest BCUT2D eigenvalue weighted by atomic mass is 32.2. The Labute approximate surface area is 177 Å². The van der Waals surface area contributed by atoms with E-state index in [1.807, 2.05) is 0 Å². The van der Waals surface area contributed by atoms with E-state index in [1.165, 1.54) is 15.1 Å². The first-order chi connectivity index (χ1) is 14.2. The first-order valence-corrected chi connectivity index (χ1v) is 12.2. The smallest absolute Gasteiger partial charge is 0.263 e. The number of amides is 2. The molecular weight excluding hydrogens is 408 g/mol. The average molecular weight is 439 g/mol. The van der Waals surface area contributed by atoms with E-state index in [2.05, 4.69) is 5.32 Å². The number of hydrogen-bond donors (Lipinski definition) is 1. The molecule has 3 heterocycles. The zero-order valence-corrected chi connectivity index (χ0v) is 18.4. The van der Waals surface area contributed by atoms with Crippen molar-refractivity contribution in [3.8, 4) is 0 Å². The maximum atomic E-state index is 12.6. The van der Waals surface area contributed by atoms with Gasteiger partial charge >= 0.3 is 0 Å². The molecule has 0 saturated carbocycles. The number of sulfonamides is 1. The largest absolute Gasteiger partial charge is 0.356 e. The molecule has 2 aliphatic heterocycles. The molecule has 0 radical (unpaired) electrons. The molecule has 10 heteroatoms. The van der Waals surface area contributed by atoms with Gasteiger partial charge in [0.25, 0.3) is 11.5 Å². The predicted molar refractivity (Wildman–Crippen MR) is 112 cm³/mol. The van der Waals surface area contributed by atoms with Crippen LogP contribution in [-0.2, 0) is 21.9 Å². The van der Waals surface area contributed by atoms with Crippen LogP contribution in [0.3, 0.4) is 0 Å². The lowest BCUT2D eigenvalue weighted by Gasteiger charge is -2.33. The summed E-state index contributed by atoms with van der Waals surface area (Å²) < 4.78 is 26.0. The molecule has 0 bridgehead atoms. The van der Waals surface area contributed by atoms with Gasteiger partial charge in [0, 0.05) is 51.9 Å². The summed E-state index contributed by atoms with van der Waals surface area (Å²) in [7, 11) is -1.57. The SMILES string of the molecule is Cn1cccc(C(=O)N2CCC(CNC(=O)C3CCN(S(C)(=O)=O)CC3)CC2)c1=O. The molecule has 2 fully saturated rings. The Morgan fingerprint density at radius 2 is 1.73 bits per heavy atom. The summed E-state index contributed by atoms with van der Waals surface area (Å²) in [6.07, 6.45) is 5.44. The highest BCUT2D eigenvalue weighted by Gasteiger charge is 2.30. The Morgan fingerprint density at radius 3 is 2.33 bits per heavy atom. The number of hydrogen-bond acceptors (Lipinski definition) is 5. The van der Waals surface area contributed by atoms with Crippen molar-refractivity contribution >= 4 is 21.8 Å². The minimum atomic E-state index is -3.19. The van der Waals surface area contributed by atoms with Crippen LogP contribution in [0.2, 0.25) is 0 Å². The third-order valence-electron chi connectivity index (χ3n) is 6.11. The molecule has 1 aromatic rings. The number of rotatable bonds is 5. The van der Waals surface area contributed by atoms with Gasteiger partial charge in [-0.15, -0.1) is 0 Å². The van der Waals surface area contributed by atoms with Crippen molar-refractivity contribution in [2.45, 2.75) is 25.7 Å². The van der Waals surface area contributed by atoms with Gasteiger partial charge in [0.2, 0.25) is 15.9 Å². The van der Waals surface area contributed by atoms with Gasteiger partial charge in [-0.05, 0) is 43.7 Å². The molecule has 0 spiro atoms. The molecule has 2 saturated heterocycles. The van der Waals surface area contributed by atoms with Crippen LogP contribution in [0.4, 0.5) is 0 Å². The monoisotopic (exact) mass is 438 g/mol. The van der Waals surface area contributed by atoms with Crippen LogP contribution in [0.25, 0.3) is 0 Å². The number of carbonyl (C=O) groups excluding carboxylic acids is 2. The van der Waals surface area contributed by atoms with Crippen LogP contribution in [0, 0.1) is 11.8 Å². The second-order valence-corrected chi connectivity index (χ2v) is 10.2. The fourth-order valence-corrected chi connectivity index (χ4v) is 4.98. The Bertz CT molecular complexity index is 942. The lowest BCUT2D eigenvalue weighted by Crippen LogP contribution is -2.45. The summed E-state index contributed by atoms with van der Waals surface area (Å²) in [6, 6.07) is 3.25. The molecular formula is C20H30N4O5S. The molecule has 1 aromatic heterocycles. The van der Waals surface area contributed by atoms with Gasteiger partial charge in [-0.25, -0.2) is 12.7 Å². The van der Waals surface area contributed by atoms with Crippen LogP contribution >= 0.6 is 0 Å². The van der Waals surface area contributed by atoms with E-state index in [-0.39, 0.29) is 34.8 Å². The lowest BCUT2D eigenvalue weighted by molar-refractivity contribution is -0.126. The highest BCUT2D eigenvalue weighted by molar-refractivity contribution is 7.88. The number of pyridine rings is 1. The molecule has 0 atom stereocenters. The third-order valence-corrected chi connectivity index (χ3v) is 7.42. The lowest BCUT2D eigenvalue weighted by atomic mass is 9.94. The van der Waals surface area contributed by atoms with E-state index in [1.54, 1.807) is 30.3 Å². The minimum Gasteiger partial charge on any atom is -0.356 e. The van der Waals surface area contributed by atoms with Gasteiger partial charge in [0.1, 0.15) is 5.56 Å². The van der Waals surface area contributed by atoms with Crippen molar-refractivity contribution in [1.29, 1.82) is 0 Å². The zero-order chi connectivity index (χ0) is 21.9. The molecule has 0 aliphatic carbocycles. The molecule has 166 valence electrons. The summed E-state index contributed by atoms with van der Waals surface area (Å²) in [5, 5.41) is 3.00. The van der Waals surface area contributed by atoms with Crippen molar-refractivity contribution in [1.82, 2.24) is 19.1 Å². The molecule has 0 unspecified atom stereocenters.